The largest absolute Gasteiger partial charge is 0.309 e. The number of nitriles is 1. The summed E-state index contributed by atoms with van der Waals surface area (Å²) >= 11 is 1.88. The lowest BCUT2D eigenvalue weighted by atomic mass is 9.67. The summed E-state index contributed by atoms with van der Waals surface area (Å²) in [5, 5.41) is 11.9. The Hall–Kier alpha value is -5.04. The van der Waals surface area contributed by atoms with Crippen molar-refractivity contribution in [3.63, 3.8) is 0 Å². The predicted molar refractivity (Wildman–Crippen MR) is 167 cm³/mol. The molecule has 0 amide bonds. The fourth-order valence-corrected chi connectivity index (χ4v) is 8.49. The standard InChI is InChI=1S/C38H22N2S/c39-23-24-17-19-25(20-18-24)40-34-15-7-3-11-28(34)29-21-37-33(22-35(29)40)38(32-14-6-8-16-36(32)41-37)30-12-4-1-9-26(30)27-10-2-5-13-31(27)38/h1-22H. The lowest BCUT2D eigenvalue weighted by Crippen LogP contribution is -2.32. The molecule has 1 aliphatic heterocycles. The molecule has 0 N–H and O–H groups in total. The molecular formula is C38H22N2S. The first kappa shape index (κ1) is 22.7. The molecule has 0 radical (unpaired) electrons. The van der Waals surface area contributed by atoms with Crippen LogP contribution in [0, 0.1) is 11.3 Å². The van der Waals surface area contributed by atoms with E-state index in [-0.39, 0.29) is 0 Å². The van der Waals surface area contributed by atoms with Gasteiger partial charge in [-0.05, 0) is 81.9 Å². The SMILES string of the molecule is N#Cc1ccc(-n2c3ccccc3c3cc4c(cc32)C2(c3ccccc3S4)c3ccccc3-c3ccccc32)cc1. The Morgan fingerprint density at radius 2 is 1.17 bits per heavy atom. The Morgan fingerprint density at radius 3 is 1.90 bits per heavy atom. The second-order valence-corrected chi connectivity index (χ2v) is 11.9. The topological polar surface area (TPSA) is 28.7 Å². The van der Waals surface area contributed by atoms with Gasteiger partial charge in [0.1, 0.15) is 0 Å². The highest BCUT2D eigenvalue weighted by Gasteiger charge is 2.50. The van der Waals surface area contributed by atoms with Crippen LogP contribution in [0.5, 0.6) is 0 Å². The van der Waals surface area contributed by atoms with Crippen LogP contribution in [0.3, 0.4) is 0 Å². The Balaban J connectivity index is 1.46. The predicted octanol–water partition coefficient (Wildman–Crippen LogP) is 9.48. The molecule has 41 heavy (non-hydrogen) atoms. The van der Waals surface area contributed by atoms with Crippen LogP contribution < -0.4 is 0 Å². The van der Waals surface area contributed by atoms with E-state index in [2.05, 4.69) is 132 Å². The van der Waals surface area contributed by atoms with Crippen LogP contribution in [0.15, 0.2) is 143 Å². The van der Waals surface area contributed by atoms with Gasteiger partial charge in [0.2, 0.25) is 0 Å². The zero-order chi connectivity index (χ0) is 27.1. The molecule has 1 aliphatic carbocycles. The number of hydrogen-bond acceptors (Lipinski definition) is 2. The van der Waals surface area contributed by atoms with E-state index in [0.717, 1.165) is 5.69 Å². The van der Waals surface area contributed by atoms with Crippen LogP contribution in [0.4, 0.5) is 0 Å². The highest BCUT2D eigenvalue weighted by Crippen LogP contribution is 2.62. The molecule has 2 nitrogen and oxygen atoms in total. The molecule has 0 unspecified atom stereocenters. The first-order chi connectivity index (χ1) is 20.3. The maximum atomic E-state index is 9.43. The van der Waals surface area contributed by atoms with Crippen molar-refractivity contribution in [1.29, 1.82) is 5.26 Å². The van der Waals surface area contributed by atoms with Crippen molar-refractivity contribution < 1.29 is 0 Å². The number of fused-ring (bicyclic) bond motifs is 12. The van der Waals surface area contributed by atoms with Crippen LogP contribution in [0.1, 0.15) is 27.8 Å². The maximum Gasteiger partial charge on any atom is 0.0991 e. The Labute approximate surface area is 242 Å². The molecule has 0 saturated heterocycles. The third-order valence-corrected chi connectivity index (χ3v) is 10.0. The number of hydrogen-bond donors (Lipinski definition) is 0. The summed E-state index contributed by atoms with van der Waals surface area (Å²) in [6.45, 7) is 0. The van der Waals surface area contributed by atoms with Gasteiger partial charge in [0.15, 0.2) is 0 Å². The van der Waals surface area contributed by atoms with Crippen LogP contribution >= 0.6 is 11.8 Å². The van der Waals surface area contributed by atoms with Crippen molar-refractivity contribution in [3.8, 4) is 22.9 Å². The number of para-hydroxylation sites is 1. The van der Waals surface area contributed by atoms with Crippen LogP contribution in [-0.4, -0.2) is 4.57 Å². The molecule has 0 fully saturated rings. The summed E-state index contributed by atoms with van der Waals surface area (Å²) in [7, 11) is 0. The number of benzene rings is 6. The molecular weight excluding hydrogens is 516 g/mol. The van der Waals surface area contributed by atoms with Gasteiger partial charge < -0.3 is 4.57 Å². The van der Waals surface area contributed by atoms with Crippen LogP contribution in [0.2, 0.25) is 0 Å². The van der Waals surface area contributed by atoms with Crippen LogP contribution in [-0.2, 0) is 5.41 Å². The molecule has 2 heterocycles. The van der Waals surface area contributed by atoms with Crippen molar-refractivity contribution in [2.75, 3.05) is 0 Å². The molecule has 1 aromatic heterocycles. The van der Waals surface area contributed by atoms with Gasteiger partial charge in [0, 0.05) is 26.3 Å². The molecule has 6 aromatic carbocycles. The maximum absolute atomic E-state index is 9.43. The summed E-state index contributed by atoms with van der Waals surface area (Å²) in [6.07, 6.45) is 0. The first-order valence-electron chi connectivity index (χ1n) is 13.8. The van der Waals surface area contributed by atoms with Gasteiger partial charge in [-0.25, -0.2) is 0 Å². The Kier molecular flexibility index (Phi) is 4.57. The van der Waals surface area contributed by atoms with E-state index in [1.165, 1.54) is 65.0 Å². The lowest BCUT2D eigenvalue weighted by molar-refractivity contribution is 0.724. The lowest BCUT2D eigenvalue weighted by Gasteiger charge is -2.39. The quantitative estimate of drug-likeness (QED) is 0.208. The molecule has 3 heteroatoms. The van der Waals surface area contributed by atoms with Gasteiger partial charge in [-0.2, -0.15) is 5.26 Å². The highest BCUT2D eigenvalue weighted by atomic mass is 32.2. The summed E-state index contributed by atoms with van der Waals surface area (Å²) in [6, 6.07) is 50.5. The average molecular weight is 539 g/mol. The minimum atomic E-state index is -0.412. The van der Waals surface area contributed by atoms with Crippen molar-refractivity contribution in [2.24, 2.45) is 0 Å². The minimum Gasteiger partial charge on any atom is -0.309 e. The van der Waals surface area contributed by atoms with E-state index < -0.39 is 5.41 Å². The molecule has 0 atom stereocenters. The zero-order valence-corrected chi connectivity index (χ0v) is 22.8. The van der Waals surface area contributed by atoms with E-state index in [0.29, 0.717) is 5.56 Å². The van der Waals surface area contributed by atoms with Crippen molar-refractivity contribution in [1.82, 2.24) is 4.57 Å². The number of aromatic nitrogens is 1. The smallest absolute Gasteiger partial charge is 0.0991 e. The van der Waals surface area contributed by atoms with E-state index in [9.17, 15) is 5.26 Å². The molecule has 2 aliphatic rings. The summed E-state index contributed by atoms with van der Waals surface area (Å²) in [4.78, 5) is 2.60. The normalized spacial score (nSPS) is 13.9. The third kappa shape index (κ3) is 2.87. The van der Waals surface area contributed by atoms with Gasteiger partial charge in [-0.1, -0.05) is 96.7 Å². The van der Waals surface area contributed by atoms with Crippen molar-refractivity contribution in [2.45, 2.75) is 15.2 Å². The number of nitrogens with zero attached hydrogens (tertiary/aromatic N) is 2. The van der Waals surface area contributed by atoms with Gasteiger partial charge >= 0.3 is 0 Å². The van der Waals surface area contributed by atoms with Gasteiger partial charge in [-0.3, -0.25) is 0 Å². The van der Waals surface area contributed by atoms with Gasteiger partial charge in [0.25, 0.3) is 0 Å². The molecule has 190 valence electrons. The summed E-state index contributed by atoms with van der Waals surface area (Å²) in [5.41, 5.74) is 11.6. The first-order valence-corrected chi connectivity index (χ1v) is 14.7. The Morgan fingerprint density at radius 1 is 0.537 bits per heavy atom. The van der Waals surface area contributed by atoms with Crippen LogP contribution in [0.25, 0.3) is 38.6 Å². The van der Waals surface area contributed by atoms with Crippen molar-refractivity contribution >= 4 is 33.6 Å². The minimum absolute atomic E-state index is 0.412. The molecule has 9 rings (SSSR count). The second-order valence-electron chi connectivity index (χ2n) is 10.8. The molecule has 0 bridgehead atoms. The molecule has 7 aromatic rings. The number of rotatable bonds is 1. The summed E-state index contributed by atoms with van der Waals surface area (Å²) in [5.74, 6) is 0. The van der Waals surface area contributed by atoms with E-state index in [1.807, 2.05) is 23.9 Å². The molecule has 0 saturated carbocycles. The Bertz CT molecular complexity index is 2200. The average Bonchev–Trinajstić information content (AvgIpc) is 3.51. The monoisotopic (exact) mass is 538 g/mol. The van der Waals surface area contributed by atoms with Gasteiger partial charge in [0.05, 0.1) is 28.1 Å². The fraction of sp³-hybridized carbons (Fsp3) is 0.0263. The van der Waals surface area contributed by atoms with Gasteiger partial charge in [-0.15, -0.1) is 0 Å². The second kappa shape index (κ2) is 8.24. The van der Waals surface area contributed by atoms with E-state index in [1.54, 1.807) is 0 Å². The van der Waals surface area contributed by atoms with Crippen molar-refractivity contribution in [3.05, 3.63) is 161 Å². The van der Waals surface area contributed by atoms with E-state index >= 15 is 0 Å². The third-order valence-electron chi connectivity index (χ3n) is 8.90. The highest BCUT2D eigenvalue weighted by molar-refractivity contribution is 7.99. The molecule has 1 spiro atoms. The van der Waals surface area contributed by atoms with E-state index in [4.69, 9.17) is 0 Å². The fourth-order valence-electron chi connectivity index (χ4n) is 7.28. The summed E-state index contributed by atoms with van der Waals surface area (Å²) < 4.78 is 2.36. The zero-order valence-electron chi connectivity index (χ0n) is 22.0.